The molecule has 3 rings (SSSR count). The Bertz CT molecular complexity index is 794. The highest BCUT2D eigenvalue weighted by atomic mass is 16.2. The zero-order chi connectivity index (χ0) is 16.2. The van der Waals surface area contributed by atoms with Gasteiger partial charge in [0, 0.05) is 6.54 Å². The second-order valence-corrected chi connectivity index (χ2v) is 5.87. The molecule has 1 N–H and O–H groups in total. The van der Waals surface area contributed by atoms with Crippen molar-refractivity contribution in [2.45, 2.75) is 25.8 Å². The molecule has 2 aromatic carbocycles. The molecule has 0 unspecified atom stereocenters. The highest BCUT2D eigenvalue weighted by Crippen LogP contribution is 2.18. The number of rotatable bonds is 5. The summed E-state index contributed by atoms with van der Waals surface area (Å²) in [5.74, 6) is 0.294. The smallest absolute Gasteiger partial charge is 0.242 e. The quantitative estimate of drug-likeness (QED) is 0.784. The molecule has 2 atom stereocenters. The maximum Gasteiger partial charge on any atom is 0.242 e. The molecule has 1 aromatic heterocycles. The predicted molar refractivity (Wildman–Crippen MR) is 92.3 cm³/mol. The lowest BCUT2D eigenvalue weighted by molar-refractivity contribution is -0.123. The molecule has 0 aliphatic heterocycles. The molecule has 23 heavy (non-hydrogen) atoms. The Morgan fingerprint density at radius 2 is 1.78 bits per heavy atom. The van der Waals surface area contributed by atoms with E-state index in [0.29, 0.717) is 6.54 Å². The van der Waals surface area contributed by atoms with Gasteiger partial charge in [0.05, 0.1) is 17.4 Å². The van der Waals surface area contributed by atoms with Crippen molar-refractivity contribution >= 4 is 16.9 Å². The van der Waals surface area contributed by atoms with Gasteiger partial charge in [0.2, 0.25) is 5.91 Å². The molecule has 0 spiro atoms. The number of nitrogens with zero attached hydrogens (tertiary/aromatic N) is 2. The number of amides is 1. The highest BCUT2D eigenvalue weighted by Gasteiger charge is 2.17. The number of nitrogens with one attached hydrogen (secondary N) is 1. The molecule has 118 valence electrons. The van der Waals surface area contributed by atoms with E-state index in [1.165, 1.54) is 5.56 Å². The minimum absolute atomic E-state index is 0.0101. The number of carbonyl (C=O) groups is 1. The van der Waals surface area contributed by atoms with Gasteiger partial charge >= 0.3 is 0 Å². The van der Waals surface area contributed by atoms with Gasteiger partial charge in [0.1, 0.15) is 6.04 Å². The lowest BCUT2D eigenvalue weighted by Gasteiger charge is -2.17. The summed E-state index contributed by atoms with van der Waals surface area (Å²) in [6.45, 7) is 4.64. The van der Waals surface area contributed by atoms with Crippen LogP contribution in [-0.2, 0) is 4.79 Å². The Hall–Kier alpha value is -2.62. The first-order chi connectivity index (χ1) is 11.2. The summed E-state index contributed by atoms with van der Waals surface area (Å²) >= 11 is 0. The van der Waals surface area contributed by atoms with Crippen molar-refractivity contribution in [1.82, 2.24) is 14.9 Å². The van der Waals surface area contributed by atoms with E-state index in [0.717, 1.165) is 11.0 Å². The van der Waals surface area contributed by atoms with Crippen molar-refractivity contribution in [3.8, 4) is 0 Å². The van der Waals surface area contributed by atoms with Crippen LogP contribution in [0.4, 0.5) is 0 Å². The number of para-hydroxylation sites is 2. The van der Waals surface area contributed by atoms with Crippen molar-refractivity contribution in [2.75, 3.05) is 6.54 Å². The monoisotopic (exact) mass is 307 g/mol. The van der Waals surface area contributed by atoms with E-state index in [-0.39, 0.29) is 17.9 Å². The number of fused-ring (bicyclic) bond motifs is 1. The number of aromatic nitrogens is 2. The Balaban J connectivity index is 1.66. The largest absolute Gasteiger partial charge is 0.354 e. The summed E-state index contributed by atoms with van der Waals surface area (Å²) in [7, 11) is 0. The number of carbonyl (C=O) groups excluding carboxylic acids is 1. The first-order valence-corrected chi connectivity index (χ1v) is 7.91. The number of benzene rings is 2. The average Bonchev–Trinajstić information content (AvgIpc) is 3.03. The molecular formula is C19H21N3O. The summed E-state index contributed by atoms with van der Waals surface area (Å²) in [6, 6.07) is 17.8. The SMILES string of the molecule is C[C@H](CNC(=O)[C@H](C)n1cnc2ccccc21)c1ccccc1. The third kappa shape index (κ3) is 3.26. The van der Waals surface area contributed by atoms with E-state index < -0.39 is 0 Å². The van der Waals surface area contributed by atoms with Crippen LogP contribution in [0.1, 0.15) is 31.4 Å². The van der Waals surface area contributed by atoms with Crippen molar-refractivity contribution in [1.29, 1.82) is 0 Å². The van der Waals surface area contributed by atoms with E-state index in [9.17, 15) is 4.79 Å². The van der Waals surface area contributed by atoms with Crippen LogP contribution in [0.2, 0.25) is 0 Å². The molecule has 0 saturated carbocycles. The fourth-order valence-electron chi connectivity index (χ4n) is 2.71. The minimum atomic E-state index is -0.287. The number of hydrogen-bond donors (Lipinski definition) is 1. The molecule has 0 saturated heterocycles. The minimum Gasteiger partial charge on any atom is -0.354 e. The molecule has 0 fully saturated rings. The van der Waals surface area contributed by atoms with Gasteiger partial charge in [-0.2, -0.15) is 0 Å². The summed E-state index contributed by atoms with van der Waals surface area (Å²) in [6.07, 6.45) is 1.73. The zero-order valence-electron chi connectivity index (χ0n) is 13.4. The highest BCUT2D eigenvalue weighted by molar-refractivity contribution is 5.83. The molecule has 0 radical (unpaired) electrons. The fraction of sp³-hybridized carbons (Fsp3) is 0.263. The van der Waals surface area contributed by atoms with Crippen molar-refractivity contribution in [2.24, 2.45) is 0 Å². The van der Waals surface area contributed by atoms with Gasteiger partial charge in [0.25, 0.3) is 0 Å². The van der Waals surface area contributed by atoms with E-state index in [1.54, 1.807) is 6.33 Å². The van der Waals surface area contributed by atoms with Gasteiger partial charge in [-0.15, -0.1) is 0 Å². The first-order valence-electron chi connectivity index (χ1n) is 7.91. The normalized spacial score (nSPS) is 13.7. The van der Waals surface area contributed by atoms with Gasteiger partial charge in [-0.05, 0) is 30.5 Å². The van der Waals surface area contributed by atoms with Crippen LogP contribution in [0.25, 0.3) is 11.0 Å². The van der Waals surface area contributed by atoms with Crippen molar-refractivity contribution < 1.29 is 4.79 Å². The first kappa shape index (κ1) is 15.3. The van der Waals surface area contributed by atoms with E-state index in [1.807, 2.05) is 54.0 Å². The summed E-state index contributed by atoms with van der Waals surface area (Å²) in [5.41, 5.74) is 3.12. The van der Waals surface area contributed by atoms with Crippen LogP contribution in [0.15, 0.2) is 60.9 Å². The van der Waals surface area contributed by atoms with Crippen LogP contribution < -0.4 is 5.32 Å². The van der Waals surface area contributed by atoms with Gasteiger partial charge in [0.15, 0.2) is 0 Å². The fourth-order valence-corrected chi connectivity index (χ4v) is 2.71. The Labute approximate surface area is 136 Å². The summed E-state index contributed by atoms with van der Waals surface area (Å²) < 4.78 is 1.91. The third-order valence-corrected chi connectivity index (χ3v) is 4.23. The Kier molecular flexibility index (Phi) is 4.42. The number of hydrogen-bond acceptors (Lipinski definition) is 2. The number of imidazole rings is 1. The summed E-state index contributed by atoms with van der Waals surface area (Å²) in [5, 5.41) is 3.05. The molecule has 4 heteroatoms. The topological polar surface area (TPSA) is 46.9 Å². The second kappa shape index (κ2) is 6.65. The van der Waals surface area contributed by atoms with Crippen LogP contribution in [0.5, 0.6) is 0 Å². The molecule has 0 aliphatic rings. The van der Waals surface area contributed by atoms with Gasteiger partial charge in [-0.1, -0.05) is 49.4 Å². The molecule has 1 heterocycles. The van der Waals surface area contributed by atoms with Crippen LogP contribution in [-0.4, -0.2) is 22.0 Å². The van der Waals surface area contributed by atoms with Gasteiger partial charge in [-0.25, -0.2) is 4.98 Å². The Morgan fingerprint density at radius 1 is 1.09 bits per heavy atom. The molecular weight excluding hydrogens is 286 g/mol. The molecule has 0 aliphatic carbocycles. The van der Waals surface area contributed by atoms with Gasteiger partial charge < -0.3 is 9.88 Å². The molecule has 1 amide bonds. The van der Waals surface area contributed by atoms with Crippen molar-refractivity contribution in [3.63, 3.8) is 0 Å². The van der Waals surface area contributed by atoms with E-state index >= 15 is 0 Å². The molecule has 3 aromatic rings. The van der Waals surface area contributed by atoms with Crippen LogP contribution in [0, 0.1) is 0 Å². The van der Waals surface area contributed by atoms with E-state index in [4.69, 9.17) is 0 Å². The van der Waals surface area contributed by atoms with Gasteiger partial charge in [-0.3, -0.25) is 4.79 Å². The molecule has 0 bridgehead atoms. The maximum atomic E-state index is 12.5. The Morgan fingerprint density at radius 3 is 2.57 bits per heavy atom. The average molecular weight is 307 g/mol. The third-order valence-electron chi connectivity index (χ3n) is 4.23. The zero-order valence-corrected chi connectivity index (χ0v) is 13.4. The lowest BCUT2D eigenvalue weighted by Crippen LogP contribution is -2.33. The summed E-state index contributed by atoms with van der Waals surface area (Å²) in [4.78, 5) is 16.8. The standard InChI is InChI=1S/C19H21N3O/c1-14(16-8-4-3-5-9-16)12-20-19(23)15(2)22-13-21-17-10-6-7-11-18(17)22/h3-11,13-15H,12H2,1-2H3,(H,20,23)/t14-,15+/m1/s1. The molecule has 4 nitrogen and oxygen atoms in total. The lowest BCUT2D eigenvalue weighted by atomic mass is 10.0. The maximum absolute atomic E-state index is 12.5. The predicted octanol–water partition coefficient (Wildman–Crippen LogP) is 3.52. The second-order valence-electron chi connectivity index (χ2n) is 5.87. The van der Waals surface area contributed by atoms with Crippen molar-refractivity contribution in [3.05, 3.63) is 66.5 Å². The van der Waals surface area contributed by atoms with E-state index in [2.05, 4.69) is 29.4 Å². The van der Waals surface area contributed by atoms with Crippen LogP contribution in [0.3, 0.4) is 0 Å². The van der Waals surface area contributed by atoms with Crippen LogP contribution >= 0.6 is 0 Å².